The van der Waals surface area contributed by atoms with E-state index in [4.69, 9.17) is 34.8 Å². The second-order valence-corrected chi connectivity index (χ2v) is 7.97. The zero-order valence-corrected chi connectivity index (χ0v) is 18.9. The van der Waals surface area contributed by atoms with Crippen LogP contribution >= 0.6 is 34.8 Å². The van der Waals surface area contributed by atoms with E-state index < -0.39 is 0 Å². The highest BCUT2D eigenvalue weighted by atomic mass is 35.5. The maximum absolute atomic E-state index is 6.08. The molecule has 0 aliphatic carbocycles. The van der Waals surface area contributed by atoms with Gasteiger partial charge in [-0.15, -0.1) is 0 Å². The zero-order valence-electron chi connectivity index (χ0n) is 16.6. The Kier molecular flexibility index (Phi) is 7.75. The van der Waals surface area contributed by atoms with Gasteiger partial charge in [0.1, 0.15) is 0 Å². The quantitative estimate of drug-likeness (QED) is 0.227. The second-order valence-electron chi connectivity index (χ2n) is 6.66. The number of halogens is 3. The van der Waals surface area contributed by atoms with Gasteiger partial charge in [-0.1, -0.05) is 71.2 Å². The van der Waals surface area contributed by atoms with Gasteiger partial charge in [-0.05, 0) is 53.1 Å². The lowest BCUT2D eigenvalue weighted by atomic mass is 10.1. The van der Waals surface area contributed by atoms with Crippen molar-refractivity contribution in [3.05, 3.63) is 105 Å². The summed E-state index contributed by atoms with van der Waals surface area (Å²) in [5.74, 6) is 0. The molecule has 3 rings (SSSR count). The van der Waals surface area contributed by atoms with Gasteiger partial charge < -0.3 is 0 Å². The predicted octanol–water partition coefficient (Wildman–Crippen LogP) is 6.58. The fourth-order valence-corrected chi connectivity index (χ4v) is 3.23. The minimum absolute atomic E-state index is 0.241. The van der Waals surface area contributed by atoms with Gasteiger partial charge in [0.15, 0.2) is 6.17 Å². The minimum Gasteiger partial charge on any atom is -0.272 e. The molecule has 0 saturated carbocycles. The fraction of sp³-hybridized carbons (Fsp3) is 0.130. The Morgan fingerprint density at radius 2 is 0.933 bits per heavy atom. The standard InChI is InChI=1S/C23H21Cl3N4/c1-29(27-15-17-3-9-20(24)10-4-17)23(19-7-13-22(26)14-8-19)30(2)28-16-18-5-11-21(25)12-6-18/h3-16,23H,1-2H3/b27-15+,28-16+. The van der Waals surface area contributed by atoms with Gasteiger partial charge in [0.05, 0.1) is 12.4 Å². The summed E-state index contributed by atoms with van der Waals surface area (Å²) in [7, 11) is 3.81. The zero-order chi connectivity index (χ0) is 21.5. The topological polar surface area (TPSA) is 31.2 Å². The van der Waals surface area contributed by atoms with E-state index in [9.17, 15) is 0 Å². The molecule has 0 amide bonds. The molecule has 0 saturated heterocycles. The van der Waals surface area contributed by atoms with E-state index in [1.54, 1.807) is 12.4 Å². The van der Waals surface area contributed by atoms with Crippen molar-refractivity contribution >= 4 is 47.2 Å². The van der Waals surface area contributed by atoms with Crippen molar-refractivity contribution in [2.75, 3.05) is 14.1 Å². The SMILES string of the molecule is CN(/N=C/c1ccc(Cl)cc1)C(c1ccc(Cl)cc1)N(C)/N=C/c1ccc(Cl)cc1. The van der Waals surface area contributed by atoms with Crippen molar-refractivity contribution in [3.8, 4) is 0 Å². The first-order valence-electron chi connectivity index (χ1n) is 9.22. The average molecular weight is 460 g/mol. The summed E-state index contributed by atoms with van der Waals surface area (Å²) in [5.41, 5.74) is 2.91. The van der Waals surface area contributed by atoms with Crippen LogP contribution in [0.15, 0.2) is 83.0 Å². The number of benzene rings is 3. The van der Waals surface area contributed by atoms with Crippen LogP contribution in [0.1, 0.15) is 22.9 Å². The lowest BCUT2D eigenvalue weighted by Crippen LogP contribution is -2.31. The third kappa shape index (κ3) is 6.23. The van der Waals surface area contributed by atoms with E-state index in [1.165, 1.54) is 0 Å². The Morgan fingerprint density at radius 3 is 1.30 bits per heavy atom. The number of hydrogen-bond acceptors (Lipinski definition) is 4. The maximum atomic E-state index is 6.08. The highest BCUT2D eigenvalue weighted by Gasteiger charge is 2.20. The minimum atomic E-state index is -0.241. The maximum Gasteiger partial charge on any atom is 0.159 e. The first-order valence-corrected chi connectivity index (χ1v) is 10.4. The summed E-state index contributed by atoms with van der Waals surface area (Å²) in [6.45, 7) is 0. The van der Waals surface area contributed by atoms with E-state index in [-0.39, 0.29) is 6.17 Å². The first-order chi connectivity index (χ1) is 14.4. The van der Waals surface area contributed by atoms with Gasteiger partial charge in [-0.25, -0.2) is 0 Å². The molecule has 0 aliphatic rings. The molecule has 7 heteroatoms. The van der Waals surface area contributed by atoms with E-state index in [0.717, 1.165) is 16.7 Å². The summed E-state index contributed by atoms with van der Waals surface area (Å²) >= 11 is 18.0. The van der Waals surface area contributed by atoms with Crippen LogP contribution in [-0.4, -0.2) is 36.5 Å². The molecular formula is C23H21Cl3N4. The molecule has 0 aliphatic heterocycles. The summed E-state index contributed by atoms with van der Waals surface area (Å²) in [5, 5.41) is 15.0. The summed E-state index contributed by atoms with van der Waals surface area (Å²) in [6, 6.07) is 22.7. The molecular weight excluding hydrogens is 439 g/mol. The molecule has 30 heavy (non-hydrogen) atoms. The highest BCUT2D eigenvalue weighted by Crippen LogP contribution is 2.25. The number of rotatable bonds is 7. The molecule has 0 fully saturated rings. The van der Waals surface area contributed by atoms with Crippen molar-refractivity contribution in [1.29, 1.82) is 0 Å². The Labute approximate surface area is 192 Å². The Hall–Kier alpha value is -2.53. The molecule has 3 aromatic carbocycles. The Morgan fingerprint density at radius 1 is 0.600 bits per heavy atom. The smallest absolute Gasteiger partial charge is 0.159 e. The molecule has 3 aromatic rings. The van der Waals surface area contributed by atoms with Crippen LogP contribution in [0.4, 0.5) is 0 Å². The molecule has 0 atom stereocenters. The largest absolute Gasteiger partial charge is 0.272 e. The summed E-state index contributed by atoms with van der Waals surface area (Å²) in [6.07, 6.45) is 3.33. The van der Waals surface area contributed by atoms with E-state index >= 15 is 0 Å². The van der Waals surface area contributed by atoms with E-state index in [0.29, 0.717) is 15.1 Å². The number of nitrogens with zero attached hydrogens (tertiary/aromatic N) is 4. The molecule has 0 radical (unpaired) electrons. The molecule has 0 aromatic heterocycles. The van der Waals surface area contributed by atoms with Crippen molar-refractivity contribution in [2.45, 2.75) is 6.17 Å². The molecule has 0 N–H and O–H groups in total. The Bertz CT molecular complexity index is 939. The molecule has 0 bridgehead atoms. The monoisotopic (exact) mass is 458 g/mol. The van der Waals surface area contributed by atoms with Crippen molar-refractivity contribution in [3.63, 3.8) is 0 Å². The highest BCUT2D eigenvalue weighted by molar-refractivity contribution is 6.31. The predicted molar refractivity (Wildman–Crippen MR) is 128 cm³/mol. The number of hydrogen-bond donors (Lipinski definition) is 0. The van der Waals surface area contributed by atoms with Gasteiger partial charge in [-0.3, -0.25) is 10.0 Å². The summed E-state index contributed by atoms with van der Waals surface area (Å²) in [4.78, 5) is 0. The van der Waals surface area contributed by atoms with Gasteiger partial charge in [0, 0.05) is 29.2 Å². The van der Waals surface area contributed by atoms with Crippen molar-refractivity contribution in [1.82, 2.24) is 10.0 Å². The second kappa shape index (κ2) is 10.5. The van der Waals surface area contributed by atoms with Gasteiger partial charge in [0.25, 0.3) is 0 Å². The number of hydrazone groups is 2. The van der Waals surface area contributed by atoms with Crippen LogP contribution in [0, 0.1) is 0 Å². The van der Waals surface area contributed by atoms with Crippen LogP contribution < -0.4 is 0 Å². The van der Waals surface area contributed by atoms with Crippen molar-refractivity contribution < 1.29 is 0 Å². The van der Waals surface area contributed by atoms with E-state index in [1.807, 2.05) is 96.9 Å². The normalized spacial score (nSPS) is 11.5. The lowest BCUT2D eigenvalue weighted by molar-refractivity contribution is 0.0897. The molecule has 0 heterocycles. The van der Waals surface area contributed by atoms with Gasteiger partial charge in [0.2, 0.25) is 0 Å². The third-order valence-electron chi connectivity index (χ3n) is 4.39. The molecule has 0 spiro atoms. The summed E-state index contributed by atoms with van der Waals surface area (Å²) < 4.78 is 0. The van der Waals surface area contributed by atoms with Crippen LogP contribution in [0.5, 0.6) is 0 Å². The van der Waals surface area contributed by atoms with Crippen LogP contribution in [-0.2, 0) is 0 Å². The lowest BCUT2D eigenvalue weighted by Gasteiger charge is -2.32. The van der Waals surface area contributed by atoms with Gasteiger partial charge >= 0.3 is 0 Å². The van der Waals surface area contributed by atoms with E-state index in [2.05, 4.69) is 10.2 Å². The average Bonchev–Trinajstić information content (AvgIpc) is 2.74. The van der Waals surface area contributed by atoms with Crippen LogP contribution in [0.2, 0.25) is 15.1 Å². The van der Waals surface area contributed by atoms with Crippen LogP contribution in [0.3, 0.4) is 0 Å². The first kappa shape index (κ1) is 22.2. The van der Waals surface area contributed by atoms with Crippen LogP contribution in [0.25, 0.3) is 0 Å². The Balaban J connectivity index is 1.84. The third-order valence-corrected chi connectivity index (χ3v) is 5.15. The molecule has 0 unspecified atom stereocenters. The fourth-order valence-electron chi connectivity index (χ4n) is 2.85. The molecule has 154 valence electrons. The van der Waals surface area contributed by atoms with Gasteiger partial charge in [-0.2, -0.15) is 10.2 Å². The van der Waals surface area contributed by atoms with Crippen molar-refractivity contribution in [2.24, 2.45) is 10.2 Å². The molecule has 4 nitrogen and oxygen atoms in total.